The van der Waals surface area contributed by atoms with E-state index in [1.165, 1.54) is 36.7 Å². The Morgan fingerprint density at radius 1 is 0.608 bits per heavy atom. The Labute approximate surface area is 465 Å². The number of carbonyl (C=O) groups excluding carboxylic acids is 2. The first kappa shape index (κ1) is 55.9. The molecule has 6 heterocycles. The monoisotopic (exact) mass is 1180 g/mol. The molecule has 2 aliphatic rings. The van der Waals surface area contributed by atoms with Gasteiger partial charge in [-0.15, -0.1) is 0 Å². The number of nitrogens with zero attached hydrogens (tertiary/aromatic N) is 8. The molecule has 10 rings (SSSR count). The Morgan fingerprint density at radius 3 is 1.39 bits per heavy atom. The predicted octanol–water partition coefficient (Wildman–Crippen LogP) is 6.60. The molecule has 2 saturated heterocycles. The van der Waals surface area contributed by atoms with Crippen LogP contribution in [0, 0.1) is 0 Å². The Balaban J connectivity index is 0.000000192. The summed E-state index contributed by atoms with van der Waals surface area (Å²) in [5, 5.41) is 9.73. The molecular formula is C49H48ClF3N14O8S4. The second-order valence-corrected chi connectivity index (χ2v) is 22.4. The molecule has 2 aliphatic heterocycles. The SMILES string of the molecule is CC(=O)NS(=O)(=O)c1ccc(NC(=S)N2CCN(c3ncnc4[nH]c5cc(C(F)(F)F)c(Cl)cc5c34)CC2)cc1.COc1cc2[nH]c3ncnc(N4CCN(C(=S)Nc5ccc(S(=O)(=O)NC(C)=O)cc5)CC4)c3c2cc1OC. The Hall–Kier alpha value is -7.86. The fourth-order valence-corrected chi connectivity index (χ4v) is 11.9. The standard InChI is InChI=1S/C25H27N7O5S2.C24H21ClF3N7O3S2/c1-15(33)30-39(34,35)17-6-4-16(5-7-17)28-25(38)32-10-8-31(9-11-32)24-22-18-12-20(36-2)21(37-3)13-19(18)29-23(22)26-14-27-24;1-13(36)33-40(37,38)15-4-2-14(3-5-15)31-23(39)35-8-6-34(7-9-35)22-20-16-10-18(25)17(24(26,27)28)11-19(16)32-21(20)29-12-30-22/h4-7,12-14H,8-11H2,1-3H3,(H,28,38)(H,30,33)(H,26,27,29);2-5,10-12H,6-9H2,1H3,(H,31,39)(H,33,36)(H,29,30,32). The number of amides is 2. The van der Waals surface area contributed by atoms with Crippen molar-refractivity contribution in [3.8, 4) is 11.5 Å². The first-order chi connectivity index (χ1) is 37.5. The van der Waals surface area contributed by atoms with Crippen LogP contribution in [0.25, 0.3) is 43.9 Å². The van der Waals surface area contributed by atoms with Crippen LogP contribution in [-0.4, -0.2) is 145 Å². The lowest BCUT2D eigenvalue weighted by molar-refractivity contribution is -0.137. The minimum absolute atomic E-state index is 0.00714. The third kappa shape index (κ3) is 12.1. The maximum absolute atomic E-state index is 13.4. The van der Waals surface area contributed by atoms with Crippen LogP contribution >= 0.6 is 36.0 Å². The minimum Gasteiger partial charge on any atom is -0.493 e. The second-order valence-electron chi connectivity index (χ2n) is 17.9. The van der Waals surface area contributed by atoms with Crippen LogP contribution in [0.1, 0.15) is 19.4 Å². The van der Waals surface area contributed by atoms with Crippen molar-refractivity contribution in [2.75, 3.05) is 87.0 Å². The largest absolute Gasteiger partial charge is 0.493 e. The van der Waals surface area contributed by atoms with Crippen LogP contribution in [-0.2, 0) is 35.8 Å². The van der Waals surface area contributed by atoms with Gasteiger partial charge < -0.3 is 49.7 Å². The summed E-state index contributed by atoms with van der Waals surface area (Å²) in [5.74, 6) is 1.32. The quantitative estimate of drug-likeness (QED) is 0.0788. The molecule has 2 amide bonds. The molecule has 2 fully saturated rings. The molecule has 79 heavy (non-hydrogen) atoms. The molecule has 0 unspecified atom stereocenters. The second kappa shape index (κ2) is 22.5. The average molecular weight is 1180 g/mol. The van der Waals surface area contributed by atoms with Crippen molar-refractivity contribution < 1.29 is 49.1 Å². The Morgan fingerprint density at radius 2 is 1.00 bits per heavy atom. The van der Waals surface area contributed by atoms with Gasteiger partial charge >= 0.3 is 6.18 Å². The summed E-state index contributed by atoms with van der Waals surface area (Å²) in [4.78, 5) is 54.4. The van der Waals surface area contributed by atoms with Crippen LogP contribution in [0.2, 0.25) is 5.02 Å². The highest BCUT2D eigenvalue weighted by Gasteiger charge is 2.35. The minimum atomic E-state index is -4.59. The molecule has 6 N–H and O–H groups in total. The lowest BCUT2D eigenvalue weighted by Gasteiger charge is -2.37. The van der Waals surface area contributed by atoms with Gasteiger partial charge in [0.15, 0.2) is 21.7 Å². The number of hydrogen-bond acceptors (Lipinski definition) is 16. The van der Waals surface area contributed by atoms with Gasteiger partial charge in [-0.25, -0.2) is 46.2 Å². The van der Waals surface area contributed by atoms with Crippen LogP contribution in [0.5, 0.6) is 11.5 Å². The summed E-state index contributed by atoms with van der Waals surface area (Å²) in [6, 6.07) is 17.9. The van der Waals surface area contributed by atoms with E-state index < -0.39 is 48.6 Å². The lowest BCUT2D eigenvalue weighted by Crippen LogP contribution is -2.50. The van der Waals surface area contributed by atoms with Gasteiger partial charge in [0.2, 0.25) is 11.8 Å². The number of methoxy groups -OCH3 is 2. The Bertz CT molecular complexity index is 3910. The van der Waals surface area contributed by atoms with Crippen molar-refractivity contribution in [1.82, 2.24) is 49.1 Å². The van der Waals surface area contributed by atoms with Gasteiger partial charge in [0.25, 0.3) is 20.0 Å². The highest BCUT2D eigenvalue weighted by atomic mass is 35.5. The van der Waals surface area contributed by atoms with Crippen molar-refractivity contribution in [3.63, 3.8) is 0 Å². The maximum Gasteiger partial charge on any atom is 0.417 e. The zero-order chi connectivity index (χ0) is 56.6. The molecular weight excluding hydrogens is 1130 g/mol. The zero-order valence-corrected chi connectivity index (χ0v) is 46.3. The molecule has 4 aromatic heterocycles. The van der Waals surface area contributed by atoms with Gasteiger partial charge in [-0.05, 0) is 91.2 Å². The molecule has 30 heteroatoms. The molecule has 0 saturated carbocycles. The van der Waals surface area contributed by atoms with Crippen molar-refractivity contribution >= 4 is 145 Å². The summed E-state index contributed by atoms with van der Waals surface area (Å²) < 4.78 is 103. The molecule has 8 aromatic rings. The number of hydrogen-bond donors (Lipinski definition) is 6. The maximum atomic E-state index is 13.4. The lowest BCUT2D eigenvalue weighted by atomic mass is 10.1. The van der Waals surface area contributed by atoms with Gasteiger partial charge in [0, 0.05) is 99.9 Å². The number of piperazine rings is 2. The molecule has 0 aliphatic carbocycles. The van der Waals surface area contributed by atoms with Crippen molar-refractivity contribution in [1.29, 1.82) is 0 Å². The fourth-order valence-electron chi connectivity index (χ4n) is 9.04. The van der Waals surface area contributed by atoms with E-state index >= 15 is 0 Å². The van der Waals surface area contributed by atoms with Gasteiger partial charge in [-0.1, -0.05) is 11.6 Å². The number of sulfonamides is 2. The van der Waals surface area contributed by atoms with E-state index in [0.29, 0.717) is 108 Å². The number of aromatic nitrogens is 6. The highest BCUT2D eigenvalue weighted by molar-refractivity contribution is 7.90. The number of nitrogens with one attached hydrogen (secondary N) is 6. The number of halogens is 4. The number of carbonyl (C=O) groups is 2. The number of rotatable bonds is 10. The van der Waals surface area contributed by atoms with E-state index in [1.807, 2.05) is 31.4 Å². The normalized spacial score (nSPS) is 14.2. The van der Waals surface area contributed by atoms with E-state index in [1.54, 1.807) is 44.8 Å². The predicted molar refractivity (Wildman–Crippen MR) is 301 cm³/mol. The van der Waals surface area contributed by atoms with Crippen molar-refractivity contribution in [2.24, 2.45) is 0 Å². The average Bonchev–Trinajstić information content (AvgIpc) is 4.14. The summed E-state index contributed by atoms with van der Waals surface area (Å²) in [5.41, 5.74) is 2.55. The van der Waals surface area contributed by atoms with Crippen LogP contribution in [0.3, 0.4) is 0 Å². The van der Waals surface area contributed by atoms with E-state index in [-0.39, 0.29) is 15.3 Å². The summed E-state index contributed by atoms with van der Waals surface area (Å²) in [6.07, 6.45) is -1.68. The molecule has 4 aromatic carbocycles. The first-order valence-electron chi connectivity index (χ1n) is 23.8. The molecule has 0 atom stereocenters. The number of anilines is 4. The topological polar surface area (TPSA) is 265 Å². The van der Waals surface area contributed by atoms with Gasteiger partial charge in [-0.3, -0.25) is 9.59 Å². The molecule has 0 bridgehead atoms. The summed E-state index contributed by atoms with van der Waals surface area (Å²) in [6.45, 7) is 7.02. The van der Waals surface area contributed by atoms with E-state index in [9.17, 15) is 39.6 Å². The Kier molecular flexibility index (Phi) is 15.9. The number of benzene rings is 4. The third-order valence-corrected chi connectivity index (χ3v) is 16.7. The van der Waals surface area contributed by atoms with Gasteiger partial charge in [-0.2, -0.15) is 13.2 Å². The highest BCUT2D eigenvalue weighted by Crippen LogP contribution is 2.41. The number of ether oxygens (including phenoxy) is 2. The third-order valence-electron chi connectivity index (χ3n) is 12.8. The van der Waals surface area contributed by atoms with Crippen molar-refractivity contribution in [2.45, 2.75) is 29.8 Å². The van der Waals surface area contributed by atoms with E-state index in [2.05, 4.69) is 50.3 Å². The molecule has 414 valence electrons. The van der Waals surface area contributed by atoms with Crippen LogP contribution < -0.4 is 39.4 Å². The molecule has 0 spiro atoms. The number of aromatic amines is 2. The number of fused-ring (bicyclic) bond motifs is 6. The van der Waals surface area contributed by atoms with Crippen molar-refractivity contribution in [3.05, 3.63) is 96.0 Å². The van der Waals surface area contributed by atoms with Crippen LogP contribution in [0.4, 0.5) is 36.2 Å². The number of thiocarbonyl (C=S) groups is 2. The first-order valence-corrected chi connectivity index (χ1v) is 28.0. The number of H-pyrrole nitrogens is 2. The van der Waals surface area contributed by atoms with E-state index in [0.717, 1.165) is 47.7 Å². The smallest absolute Gasteiger partial charge is 0.417 e. The van der Waals surface area contributed by atoms with Gasteiger partial charge in [0.05, 0.1) is 50.9 Å². The number of alkyl halides is 3. The molecule has 22 nitrogen and oxygen atoms in total. The fraction of sp³-hybridized carbons (Fsp3) is 0.265. The molecule has 0 radical (unpaired) electrons. The van der Waals surface area contributed by atoms with E-state index in [4.69, 9.17) is 45.5 Å². The summed E-state index contributed by atoms with van der Waals surface area (Å²) >= 11 is 17.2. The summed E-state index contributed by atoms with van der Waals surface area (Å²) in [7, 11) is -4.63. The zero-order valence-electron chi connectivity index (χ0n) is 42.2. The van der Waals surface area contributed by atoms with Gasteiger partial charge in [0.1, 0.15) is 35.6 Å². The van der Waals surface area contributed by atoms with Crippen LogP contribution in [0.15, 0.2) is 95.2 Å².